The van der Waals surface area contributed by atoms with Crippen LogP contribution >= 0.6 is 0 Å². The number of hydrogen-bond acceptors (Lipinski definition) is 7. The van der Waals surface area contributed by atoms with Crippen molar-refractivity contribution >= 4 is 10.4 Å². The van der Waals surface area contributed by atoms with Crippen LogP contribution < -0.4 is 4.74 Å². The number of aliphatic hydroxyl groups is 1. The molecule has 9 nitrogen and oxygen atoms in total. The lowest BCUT2D eigenvalue weighted by Crippen LogP contribution is -2.83. The number of phenols is 1. The molecule has 218 valence electrons. The second-order valence-corrected chi connectivity index (χ2v) is 15.1. The van der Waals surface area contributed by atoms with E-state index < -0.39 is 21.6 Å². The summed E-state index contributed by atoms with van der Waals surface area (Å²) in [6.45, 7) is 10.8. The summed E-state index contributed by atoms with van der Waals surface area (Å²) in [4.78, 5) is 2.82. The minimum atomic E-state index is -4.67. The standard InChI is InChI=1S/C29H41NO4.H2O4S/c1-25(2,3)26(4,32)20-15-27-10-11-29(20,33-5)24-28(27)12-13-30(16-17-6-7-17)21(27)14-18-8-9-19(31)23(34-24)22(18)28;1-5(2,3)4/h8-9,17,20-21,24,31-32H,6-7,10-16H2,1-5H3;(H2,1,2,3,4)/t20-,21-,24-,26+,27-,28+,29+;/m1./s1. The lowest BCUT2D eigenvalue weighted by molar-refractivity contribution is -0.312. The van der Waals surface area contributed by atoms with Crippen LogP contribution in [0.3, 0.4) is 0 Å². The highest BCUT2D eigenvalue weighted by Crippen LogP contribution is 2.78. The van der Waals surface area contributed by atoms with Crippen molar-refractivity contribution < 1.29 is 37.2 Å². The van der Waals surface area contributed by atoms with Crippen molar-refractivity contribution in [2.24, 2.45) is 22.7 Å². The molecule has 39 heavy (non-hydrogen) atoms. The molecule has 5 fully saturated rings. The average Bonchev–Trinajstić information content (AvgIpc) is 3.57. The lowest BCUT2D eigenvalue weighted by Gasteiger charge is -2.75. The van der Waals surface area contributed by atoms with Crippen molar-refractivity contribution in [2.45, 2.75) is 101 Å². The number of ether oxygens (including phenoxy) is 2. The van der Waals surface area contributed by atoms with Gasteiger partial charge in [0.25, 0.3) is 0 Å². The van der Waals surface area contributed by atoms with Crippen LogP contribution in [0.1, 0.15) is 77.3 Å². The molecule has 4 bridgehead atoms. The highest BCUT2D eigenvalue weighted by atomic mass is 32.3. The summed E-state index contributed by atoms with van der Waals surface area (Å²) in [7, 11) is -2.84. The first-order chi connectivity index (χ1) is 18.0. The van der Waals surface area contributed by atoms with Crippen LogP contribution in [-0.2, 0) is 27.0 Å². The largest absolute Gasteiger partial charge is 0.504 e. The molecule has 7 aliphatic rings. The van der Waals surface area contributed by atoms with Crippen molar-refractivity contribution in [3.8, 4) is 11.5 Å². The molecule has 1 aromatic carbocycles. The first-order valence-corrected chi connectivity index (χ1v) is 15.6. The van der Waals surface area contributed by atoms with E-state index in [1.54, 1.807) is 0 Å². The molecule has 8 rings (SSSR count). The fraction of sp³-hybridized carbons (Fsp3) is 0.793. The van der Waals surface area contributed by atoms with Crippen LogP contribution in [-0.4, -0.2) is 76.2 Å². The highest BCUT2D eigenvalue weighted by Gasteiger charge is 2.82. The van der Waals surface area contributed by atoms with E-state index in [0.717, 1.165) is 44.6 Å². The zero-order valence-corrected chi connectivity index (χ0v) is 24.4. The summed E-state index contributed by atoms with van der Waals surface area (Å²) in [5.74, 6) is 1.80. The number of fused-ring (bicyclic) bond motifs is 2. The highest BCUT2D eigenvalue weighted by molar-refractivity contribution is 7.79. The maximum Gasteiger partial charge on any atom is 0.394 e. The van der Waals surface area contributed by atoms with Crippen molar-refractivity contribution in [1.29, 1.82) is 0 Å². The van der Waals surface area contributed by atoms with E-state index in [-0.39, 0.29) is 34.0 Å². The molecule has 0 radical (unpaired) electrons. The van der Waals surface area contributed by atoms with Crippen LogP contribution in [0.15, 0.2) is 12.1 Å². The monoisotopic (exact) mass is 565 g/mol. The van der Waals surface area contributed by atoms with Gasteiger partial charge in [0, 0.05) is 42.0 Å². The molecule has 7 atom stereocenters. The number of methoxy groups -OCH3 is 1. The zero-order chi connectivity index (χ0) is 28.4. The Hall–Kier alpha value is -1.43. The summed E-state index contributed by atoms with van der Waals surface area (Å²) in [6.07, 6.45) is 7.64. The minimum absolute atomic E-state index is 0.0294. The molecular weight excluding hydrogens is 522 g/mol. The van der Waals surface area contributed by atoms with E-state index in [4.69, 9.17) is 27.0 Å². The molecular formula is C29H43NO8S. The maximum atomic E-state index is 12.2. The van der Waals surface area contributed by atoms with E-state index in [0.29, 0.717) is 11.8 Å². The summed E-state index contributed by atoms with van der Waals surface area (Å²) < 4.78 is 45.0. The number of benzene rings is 1. The van der Waals surface area contributed by atoms with E-state index in [1.807, 2.05) is 20.1 Å². The summed E-state index contributed by atoms with van der Waals surface area (Å²) in [6, 6.07) is 4.46. The number of nitrogens with zero attached hydrogens (tertiary/aromatic N) is 1. The molecule has 1 saturated heterocycles. The third kappa shape index (κ3) is 3.64. The molecule has 0 amide bonds. The zero-order valence-electron chi connectivity index (χ0n) is 23.6. The third-order valence-corrected chi connectivity index (χ3v) is 11.9. The second kappa shape index (κ2) is 8.32. The molecule has 4 saturated carbocycles. The van der Waals surface area contributed by atoms with Gasteiger partial charge in [-0.2, -0.15) is 8.42 Å². The Morgan fingerprint density at radius 1 is 1.13 bits per heavy atom. The van der Waals surface area contributed by atoms with Crippen molar-refractivity contribution in [1.82, 2.24) is 4.90 Å². The quantitative estimate of drug-likeness (QED) is 0.402. The Kier molecular flexibility index (Phi) is 5.92. The fourth-order valence-electron chi connectivity index (χ4n) is 9.58. The number of piperidine rings is 1. The van der Waals surface area contributed by atoms with Gasteiger partial charge >= 0.3 is 10.4 Å². The predicted molar refractivity (Wildman–Crippen MR) is 144 cm³/mol. The van der Waals surface area contributed by atoms with E-state index in [9.17, 15) is 10.2 Å². The van der Waals surface area contributed by atoms with Crippen molar-refractivity contribution in [3.63, 3.8) is 0 Å². The Labute approximate surface area is 231 Å². The second-order valence-electron chi connectivity index (χ2n) is 14.2. The Morgan fingerprint density at radius 2 is 1.79 bits per heavy atom. The van der Waals surface area contributed by atoms with Gasteiger partial charge in [0.1, 0.15) is 11.7 Å². The Bertz CT molecular complexity index is 1280. The van der Waals surface area contributed by atoms with Crippen LogP contribution in [0, 0.1) is 22.7 Å². The van der Waals surface area contributed by atoms with Gasteiger partial charge < -0.3 is 19.7 Å². The number of aromatic hydroxyl groups is 1. The molecule has 0 aromatic heterocycles. The van der Waals surface area contributed by atoms with Crippen LogP contribution in [0.5, 0.6) is 11.5 Å². The summed E-state index contributed by atoms with van der Waals surface area (Å²) >= 11 is 0. The predicted octanol–water partition coefficient (Wildman–Crippen LogP) is 3.76. The molecule has 5 aliphatic carbocycles. The first-order valence-electron chi connectivity index (χ1n) is 14.3. The van der Waals surface area contributed by atoms with Crippen molar-refractivity contribution in [2.75, 3.05) is 20.2 Å². The van der Waals surface area contributed by atoms with Crippen molar-refractivity contribution in [3.05, 3.63) is 23.3 Å². The summed E-state index contributed by atoms with van der Waals surface area (Å²) in [5.41, 5.74) is 0.783. The minimum Gasteiger partial charge on any atom is -0.504 e. The number of rotatable bonds is 4. The smallest absolute Gasteiger partial charge is 0.394 e. The van der Waals surface area contributed by atoms with Gasteiger partial charge in [-0.15, -0.1) is 0 Å². The van der Waals surface area contributed by atoms with E-state index >= 15 is 0 Å². The van der Waals surface area contributed by atoms with Gasteiger partial charge in [0.05, 0.1) is 5.60 Å². The molecule has 2 aliphatic heterocycles. The third-order valence-electron chi connectivity index (χ3n) is 11.9. The fourth-order valence-corrected chi connectivity index (χ4v) is 9.58. The molecule has 1 aromatic rings. The molecule has 4 N–H and O–H groups in total. The van der Waals surface area contributed by atoms with Gasteiger partial charge in [-0.25, -0.2) is 0 Å². The topological polar surface area (TPSA) is 137 Å². The number of phenolic OH excluding ortho intramolecular Hbond substituents is 1. The van der Waals surface area contributed by atoms with Crippen LogP contribution in [0.4, 0.5) is 0 Å². The van der Waals surface area contributed by atoms with E-state index in [2.05, 4.69) is 31.7 Å². The molecule has 2 heterocycles. The molecule has 2 spiro atoms. The molecule has 10 heteroatoms. The van der Waals surface area contributed by atoms with Crippen LogP contribution in [0.25, 0.3) is 0 Å². The average molecular weight is 566 g/mol. The maximum absolute atomic E-state index is 12.2. The Morgan fingerprint density at radius 3 is 2.38 bits per heavy atom. The Balaban J connectivity index is 0.000000510. The van der Waals surface area contributed by atoms with Gasteiger partial charge in [-0.3, -0.25) is 14.0 Å². The number of hydrogen-bond donors (Lipinski definition) is 4. The lowest BCUT2D eigenvalue weighted by atomic mass is 9.33. The number of likely N-dealkylation sites (tertiary alicyclic amines) is 1. The van der Waals surface area contributed by atoms with Crippen LogP contribution in [0.2, 0.25) is 0 Å². The van der Waals surface area contributed by atoms with E-state index in [1.165, 1.54) is 30.5 Å². The van der Waals surface area contributed by atoms with Gasteiger partial charge in [0.15, 0.2) is 11.5 Å². The first kappa shape index (κ1) is 27.7. The molecule has 0 unspecified atom stereocenters. The summed E-state index contributed by atoms with van der Waals surface area (Å²) in [5, 5.41) is 23.2. The van der Waals surface area contributed by atoms with Gasteiger partial charge in [-0.05, 0) is 81.4 Å². The normalized spacial score (nSPS) is 39.7. The SMILES string of the molecule is CO[C@@]12CC[C@@]3(C[C@@H]1[C@](C)(O)C(C)(C)C)[C@H]1Cc4ccc(O)c5c4[C@@]3(CCN1CC1CC1)[C@H]2O5.O=S(=O)(O)O. The van der Waals surface area contributed by atoms with Gasteiger partial charge in [-0.1, -0.05) is 26.8 Å². The van der Waals surface area contributed by atoms with Gasteiger partial charge in [0.2, 0.25) is 0 Å².